The molecule has 1 aliphatic heterocycles. The highest BCUT2D eigenvalue weighted by molar-refractivity contribution is 7.09. The Labute approximate surface area is 189 Å². The molecule has 2 aromatic carbocycles. The van der Waals surface area contributed by atoms with Crippen LogP contribution in [0.25, 0.3) is 0 Å². The molecule has 2 heterocycles. The van der Waals surface area contributed by atoms with Gasteiger partial charge in [-0.1, -0.05) is 35.3 Å². The van der Waals surface area contributed by atoms with E-state index in [0.29, 0.717) is 24.5 Å². The van der Waals surface area contributed by atoms with E-state index in [1.165, 1.54) is 11.5 Å². The summed E-state index contributed by atoms with van der Waals surface area (Å²) in [5.41, 5.74) is 1.87. The normalized spacial score (nSPS) is 14.5. The lowest BCUT2D eigenvalue weighted by Gasteiger charge is -2.22. The number of anilines is 2. The third-order valence-electron chi connectivity index (χ3n) is 4.88. The monoisotopic (exact) mass is 461 g/mol. The van der Waals surface area contributed by atoms with Crippen LogP contribution in [0.3, 0.4) is 0 Å². The fourth-order valence-electron chi connectivity index (χ4n) is 3.28. The van der Waals surface area contributed by atoms with Gasteiger partial charge in [0.25, 0.3) is 0 Å². The average Bonchev–Trinajstić information content (AvgIpc) is 3.06. The van der Waals surface area contributed by atoms with Crippen molar-refractivity contribution in [1.29, 1.82) is 0 Å². The third kappa shape index (κ3) is 5.41. The molecule has 6 nitrogen and oxygen atoms in total. The minimum atomic E-state index is -0.0973. The molecule has 4 rings (SSSR count). The van der Waals surface area contributed by atoms with E-state index in [1.807, 2.05) is 29.2 Å². The zero-order chi connectivity index (χ0) is 20.9. The van der Waals surface area contributed by atoms with Crippen molar-refractivity contribution in [3.05, 3.63) is 70.0 Å². The smallest absolute Gasteiger partial charge is 0.321 e. The molecular weight excluding hydrogens is 441 g/mol. The minimum absolute atomic E-state index is 0.0973. The fourth-order valence-corrected chi connectivity index (χ4v) is 4.27. The van der Waals surface area contributed by atoms with E-state index in [-0.39, 0.29) is 6.03 Å². The number of rotatable bonds is 4. The molecule has 0 unspecified atom stereocenters. The molecule has 1 aliphatic rings. The Kier molecular flexibility index (Phi) is 6.72. The summed E-state index contributed by atoms with van der Waals surface area (Å²) in [7, 11) is 0. The molecule has 3 aromatic rings. The lowest BCUT2D eigenvalue weighted by atomic mass is 10.1. The van der Waals surface area contributed by atoms with Crippen LogP contribution in [0.5, 0.6) is 0 Å². The molecule has 1 N–H and O–H groups in total. The standard InChI is InChI=1S/C21H21Cl2N5OS/c22-16-4-2-15(3-5-16)14-19-25-21(30-26-19)28-11-1-10-27(12-13-28)20(29)24-18-8-6-17(23)7-9-18/h2-9H,1,10-14H2,(H,24,29). The van der Waals surface area contributed by atoms with E-state index < -0.39 is 0 Å². The van der Waals surface area contributed by atoms with Gasteiger partial charge >= 0.3 is 6.03 Å². The lowest BCUT2D eigenvalue weighted by molar-refractivity contribution is 0.215. The second kappa shape index (κ2) is 9.64. The van der Waals surface area contributed by atoms with Crippen molar-refractivity contribution in [2.75, 3.05) is 36.4 Å². The first-order valence-electron chi connectivity index (χ1n) is 9.70. The highest BCUT2D eigenvalue weighted by Gasteiger charge is 2.21. The maximum Gasteiger partial charge on any atom is 0.321 e. The Bertz CT molecular complexity index is 993. The van der Waals surface area contributed by atoms with Crippen LogP contribution < -0.4 is 10.2 Å². The summed E-state index contributed by atoms with van der Waals surface area (Å²) in [5, 5.41) is 5.20. The summed E-state index contributed by atoms with van der Waals surface area (Å²) < 4.78 is 4.51. The minimum Gasteiger partial charge on any atom is -0.345 e. The van der Waals surface area contributed by atoms with Crippen LogP contribution in [-0.2, 0) is 6.42 Å². The molecule has 1 aromatic heterocycles. The highest BCUT2D eigenvalue weighted by atomic mass is 35.5. The number of benzene rings is 2. The second-order valence-corrected chi connectivity index (χ2v) is 8.66. The molecule has 156 valence electrons. The molecule has 0 aliphatic carbocycles. The molecule has 2 amide bonds. The van der Waals surface area contributed by atoms with E-state index in [9.17, 15) is 4.79 Å². The van der Waals surface area contributed by atoms with E-state index in [0.717, 1.165) is 46.7 Å². The number of urea groups is 1. The molecule has 30 heavy (non-hydrogen) atoms. The first kappa shape index (κ1) is 20.9. The summed E-state index contributed by atoms with van der Waals surface area (Å²) in [6.07, 6.45) is 1.55. The predicted octanol–water partition coefficient (Wildman–Crippen LogP) is 5.18. The number of halogens is 2. The first-order chi connectivity index (χ1) is 14.6. The van der Waals surface area contributed by atoms with Gasteiger partial charge < -0.3 is 15.1 Å². The Balaban J connectivity index is 1.33. The number of amides is 2. The van der Waals surface area contributed by atoms with E-state index in [4.69, 9.17) is 28.2 Å². The molecule has 0 radical (unpaired) electrons. The Hall–Kier alpha value is -2.35. The van der Waals surface area contributed by atoms with E-state index >= 15 is 0 Å². The molecule has 0 spiro atoms. The van der Waals surface area contributed by atoms with Gasteiger partial charge in [0, 0.05) is 59.9 Å². The number of nitrogens with zero attached hydrogens (tertiary/aromatic N) is 4. The predicted molar refractivity (Wildman–Crippen MR) is 123 cm³/mol. The van der Waals surface area contributed by atoms with Crippen molar-refractivity contribution < 1.29 is 4.79 Å². The van der Waals surface area contributed by atoms with E-state index in [2.05, 4.69) is 14.6 Å². The molecule has 1 saturated heterocycles. The summed E-state index contributed by atoms with van der Waals surface area (Å²) in [5.74, 6) is 0.805. The molecule has 9 heteroatoms. The van der Waals surface area contributed by atoms with E-state index in [1.54, 1.807) is 24.3 Å². The van der Waals surface area contributed by atoms with Gasteiger partial charge in [-0.2, -0.15) is 4.37 Å². The Morgan fingerprint density at radius 2 is 1.67 bits per heavy atom. The first-order valence-corrected chi connectivity index (χ1v) is 11.2. The number of hydrogen-bond donors (Lipinski definition) is 1. The zero-order valence-corrected chi connectivity index (χ0v) is 18.6. The van der Waals surface area contributed by atoms with Crippen LogP contribution in [0.1, 0.15) is 17.8 Å². The number of carbonyl (C=O) groups excluding carboxylic acids is 1. The van der Waals surface area contributed by atoms with Gasteiger partial charge in [-0.15, -0.1) is 0 Å². The summed E-state index contributed by atoms with van der Waals surface area (Å²) in [6.45, 7) is 2.90. The van der Waals surface area contributed by atoms with Gasteiger partial charge in [-0.05, 0) is 48.4 Å². The second-order valence-electron chi connectivity index (χ2n) is 7.06. The third-order valence-corrected chi connectivity index (χ3v) is 6.20. The van der Waals surface area contributed by atoms with Crippen molar-refractivity contribution in [1.82, 2.24) is 14.3 Å². The Morgan fingerprint density at radius 1 is 0.967 bits per heavy atom. The van der Waals surface area contributed by atoms with Crippen LogP contribution in [-0.4, -0.2) is 46.5 Å². The van der Waals surface area contributed by atoms with Gasteiger partial charge in [-0.3, -0.25) is 0 Å². The van der Waals surface area contributed by atoms with Crippen LogP contribution in [0.4, 0.5) is 15.6 Å². The summed E-state index contributed by atoms with van der Waals surface area (Å²) >= 11 is 13.3. The van der Waals surface area contributed by atoms with Crippen molar-refractivity contribution in [3.8, 4) is 0 Å². The van der Waals surface area contributed by atoms with Crippen LogP contribution >= 0.6 is 34.7 Å². The number of nitrogens with one attached hydrogen (secondary N) is 1. The van der Waals surface area contributed by atoms with Gasteiger partial charge in [0.2, 0.25) is 5.13 Å². The topological polar surface area (TPSA) is 61.4 Å². The van der Waals surface area contributed by atoms with Gasteiger partial charge in [0.05, 0.1) is 0 Å². The van der Waals surface area contributed by atoms with Gasteiger partial charge in [0.1, 0.15) is 5.82 Å². The molecule has 0 bridgehead atoms. The molecule has 0 saturated carbocycles. The van der Waals surface area contributed by atoms with Gasteiger partial charge in [0.15, 0.2) is 0 Å². The van der Waals surface area contributed by atoms with Crippen molar-refractivity contribution >= 4 is 51.6 Å². The highest BCUT2D eigenvalue weighted by Crippen LogP contribution is 2.21. The lowest BCUT2D eigenvalue weighted by Crippen LogP contribution is -2.38. The molecular formula is C21H21Cl2N5OS. The molecule has 1 fully saturated rings. The quantitative estimate of drug-likeness (QED) is 0.581. The number of carbonyl (C=O) groups is 1. The largest absolute Gasteiger partial charge is 0.345 e. The van der Waals surface area contributed by atoms with Crippen molar-refractivity contribution in [2.24, 2.45) is 0 Å². The number of hydrogen-bond acceptors (Lipinski definition) is 5. The molecule has 0 atom stereocenters. The summed E-state index contributed by atoms with van der Waals surface area (Å²) in [4.78, 5) is 21.4. The van der Waals surface area contributed by atoms with Crippen molar-refractivity contribution in [2.45, 2.75) is 12.8 Å². The maximum atomic E-state index is 12.6. The fraction of sp³-hybridized carbons (Fsp3) is 0.286. The average molecular weight is 462 g/mol. The van der Waals surface area contributed by atoms with Crippen LogP contribution in [0.2, 0.25) is 10.0 Å². The summed E-state index contributed by atoms with van der Waals surface area (Å²) in [6, 6.07) is 14.8. The van der Waals surface area contributed by atoms with Crippen molar-refractivity contribution in [3.63, 3.8) is 0 Å². The van der Waals surface area contributed by atoms with Crippen LogP contribution in [0.15, 0.2) is 48.5 Å². The number of aromatic nitrogens is 2. The Morgan fingerprint density at radius 3 is 2.40 bits per heavy atom. The maximum absolute atomic E-state index is 12.6. The SMILES string of the molecule is O=C(Nc1ccc(Cl)cc1)N1CCCN(c2nc(Cc3ccc(Cl)cc3)ns2)CC1. The van der Waals surface area contributed by atoms with Crippen LogP contribution in [0, 0.1) is 0 Å². The zero-order valence-electron chi connectivity index (χ0n) is 16.2. The van der Waals surface area contributed by atoms with Gasteiger partial charge in [-0.25, -0.2) is 9.78 Å².